The Balaban J connectivity index is 2.00. The molecule has 0 bridgehead atoms. The van der Waals surface area contributed by atoms with Crippen LogP contribution in [0.15, 0.2) is 18.2 Å². The van der Waals surface area contributed by atoms with Gasteiger partial charge >= 0.3 is 6.09 Å². The third-order valence-electron chi connectivity index (χ3n) is 5.08. The highest BCUT2D eigenvalue weighted by atomic mass is 28.3. The number of nitrogens with zero attached hydrogens (tertiary/aromatic N) is 2. The number of morpholine rings is 1. The standard InChI is InChI=1S/C22H31N3O3Si/c1-22(2,3)28-21(26)25-9-10-27-14-16(25)12-18-17-11-15(13-23)7-8-19(17)24-20(18)29(4,5)6/h7-8,11,16,24H,9-10,12,14H2,1-6H3/t16-/m0/s1. The lowest BCUT2D eigenvalue weighted by atomic mass is 10.0. The number of H-pyrrole nitrogens is 1. The number of hydrogen-bond donors (Lipinski definition) is 1. The molecule has 1 N–H and O–H groups in total. The molecule has 1 amide bonds. The number of aromatic nitrogens is 1. The van der Waals surface area contributed by atoms with Crippen LogP contribution in [0.4, 0.5) is 4.79 Å². The molecule has 29 heavy (non-hydrogen) atoms. The van der Waals surface area contributed by atoms with Crippen molar-refractivity contribution in [1.82, 2.24) is 9.88 Å². The molecule has 0 saturated carbocycles. The number of benzene rings is 1. The van der Waals surface area contributed by atoms with Crippen LogP contribution in [0.2, 0.25) is 19.6 Å². The van der Waals surface area contributed by atoms with Crippen LogP contribution in [0.1, 0.15) is 31.9 Å². The van der Waals surface area contributed by atoms with Crippen molar-refractivity contribution in [2.75, 3.05) is 19.8 Å². The first kappa shape index (κ1) is 21.4. The minimum Gasteiger partial charge on any atom is -0.444 e. The van der Waals surface area contributed by atoms with Crippen molar-refractivity contribution in [2.24, 2.45) is 0 Å². The van der Waals surface area contributed by atoms with Gasteiger partial charge in [-0.2, -0.15) is 5.26 Å². The first-order valence-corrected chi connectivity index (χ1v) is 13.6. The summed E-state index contributed by atoms with van der Waals surface area (Å²) >= 11 is 0. The maximum atomic E-state index is 12.8. The van der Waals surface area contributed by atoms with Gasteiger partial charge in [-0.05, 0) is 51.0 Å². The molecular formula is C22H31N3O3Si. The molecule has 1 aromatic carbocycles. The van der Waals surface area contributed by atoms with Crippen LogP contribution >= 0.6 is 0 Å². The number of nitrogens with one attached hydrogen (secondary N) is 1. The summed E-state index contributed by atoms with van der Waals surface area (Å²) in [6, 6.07) is 7.91. The molecule has 0 unspecified atom stereocenters. The van der Waals surface area contributed by atoms with E-state index in [-0.39, 0.29) is 12.1 Å². The fourth-order valence-electron chi connectivity index (χ4n) is 3.79. The van der Waals surface area contributed by atoms with E-state index in [0.717, 1.165) is 10.9 Å². The number of amides is 1. The lowest BCUT2D eigenvalue weighted by Gasteiger charge is -2.37. The molecule has 1 atom stereocenters. The highest BCUT2D eigenvalue weighted by Gasteiger charge is 2.33. The Morgan fingerprint density at radius 2 is 2.10 bits per heavy atom. The van der Waals surface area contributed by atoms with Crippen LogP contribution in [0.5, 0.6) is 0 Å². The van der Waals surface area contributed by atoms with Gasteiger partial charge in [-0.3, -0.25) is 0 Å². The largest absolute Gasteiger partial charge is 0.444 e. The van der Waals surface area contributed by atoms with Crippen molar-refractivity contribution in [3.05, 3.63) is 29.3 Å². The smallest absolute Gasteiger partial charge is 0.410 e. The quantitative estimate of drug-likeness (QED) is 0.777. The molecule has 156 valence electrons. The molecule has 6 nitrogen and oxygen atoms in total. The number of fused-ring (bicyclic) bond motifs is 1. The van der Waals surface area contributed by atoms with Crippen molar-refractivity contribution in [3.8, 4) is 6.07 Å². The number of nitriles is 1. The SMILES string of the molecule is CC(C)(C)OC(=O)N1CCOC[C@@H]1Cc1c([Si](C)(C)C)[nH]c2ccc(C#N)cc12. The van der Waals surface area contributed by atoms with E-state index in [0.29, 0.717) is 31.7 Å². The monoisotopic (exact) mass is 413 g/mol. The molecule has 7 heteroatoms. The number of carbonyl (C=O) groups excluding carboxylic acids is 1. The van der Waals surface area contributed by atoms with Crippen molar-refractivity contribution in [3.63, 3.8) is 0 Å². The molecular weight excluding hydrogens is 382 g/mol. The number of aromatic amines is 1. The normalized spacial score (nSPS) is 18.0. The van der Waals surface area contributed by atoms with Gasteiger partial charge in [0, 0.05) is 22.8 Å². The summed E-state index contributed by atoms with van der Waals surface area (Å²) in [5.74, 6) is 0. The Kier molecular flexibility index (Phi) is 5.79. The number of carbonyl (C=O) groups is 1. The van der Waals surface area contributed by atoms with E-state index in [4.69, 9.17) is 9.47 Å². The van der Waals surface area contributed by atoms with Gasteiger partial charge in [-0.15, -0.1) is 0 Å². The van der Waals surface area contributed by atoms with E-state index in [1.54, 1.807) is 4.90 Å². The van der Waals surface area contributed by atoms with Crippen molar-refractivity contribution >= 4 is 30.4 Å². The van der Waals surface area contributed by atoms with E-state index >= 15 is 0 Å². The zero-order chi connectivity index (χ0) is 21.4. The summed E-state index contributed by atoms with van der Waals surface area (Å²) in [5, 5.41) is 11.7. The lowest BCUT2D eigenvalue weighted by Crippen LogP contribution is -2.52. The molecule has 1 aliphatic rings. The first-order valence-electron chi connectivity index (χ1n) is 10.1. The van der Waals surface area contributed by atoms with Gasteiger partial charge in [0.2, 0.25) is 0 Å². The molecule has 2 aromatic rings. The van der Waals surface area contributed by atoms with E-state index in [2.05, 4.69) is 30.7 Å². The molecule has 0 radical (unpaired) electrons. The molecule has 1 aromatic heterocycles. The predicted molar refractivity (Wildman–Crippen MR) is 117 cm³/mol. The highest BCUT2D eigenvalue weighted by molar-refractivity contribution is 6.88. The van der Waals surface area contributed by atoms with Gasteiger partial charge in [0.25, 0.3) is 0 Å². The van der Waals surface area contributed by atoms with Crippen LogP contribution in [0.3, 0.4) is 0 Å². The van der Waals surface area contributed by atoms with E-state index in [1.165, 1.54) is 10.9 Å². The Labute approximate surface area is 173 Å². The summed E-state index contributed by atoms with van der Waals surface area (Å²) in [5.41, 5.74) is 2.34. The fourth-order valence-corrected chi connectivity index (χ4v) is 5.44. The lowest BCUT2D eigenvalue weighted by molar-refractivity contribution is -0.0318. The van der Waals surface area contributed by atoms with Crippen molar-refractivity contribution in [2.45, 2.75) is 58.5 Å². The third-order valence-corrected chi connectivity index (χ3v) is 7.01. The maximum Gasteiger partial charge on any atom is 0.410 e. The van der Waals surface area contributed by atoms with Crippen LogP contribution in [0, 0.1) is 11.3 Å². The van der Waals surface area contributed by atoms with Gasteiger partial charge in [-0.1, -0.05) is 19.6 Å². The van der Waals surface area contributed by atoms with Gasteiger partial charge in [0.15, 0.2) is 0 Å². The second kappa shape index (κ2) is 7.85. The second-order valence-corrected chi connectivity index (χ2v) is 14.7. The van der Waals surface area contributed by atoms with Gasteiger partial charge in [0.05, 0.1) is 39.0 Å². The Morgan fingerprint density at radius 3 is 2.72 bits per heavy atom. The zero-order valence-corrected chi connectivity index (χ0v) is 19.3. The van der Waals surface area contributed by atoms with Crippen LogP contribution in [-0.4, -0.2) is 55.5 Å². The van der Waals surface area contributed by atoms with Crippen molar-refractivity contribution in [1.29, 1.82) is 5.26 Å². The summed E-state index contributed by atoms with van der Waals surface area (Å²) < 4.78 is 11.4. The van der Waals surface area contributed by atoms with Crippen LogP contribution in [-0.2, 0) is 15.9 Å². The van der Waals surface area contributed by atoms with E-state index in [1.807, 2.05) is 39.0 Å². The average molecular weight is 414 g/mol. The zero-order valence-electron chi connectivity index (χ0n) is 18.3. The predicted octanol–water partition coefficient (Wildman–Crippen LogP) is 3.76. The molecule has 1 fully saturated rings. The Hall–Kier alpha value is -2.30. The Bertz CT molecular complexity index is 947. The summed E-state index contributed by atoms with van der Waals surface area (Å²) in [7, 11) is -1.67. The van der Waals surface area contributed by atoms with Crippen molar-refractivity contribution < 1.29 is 14.3 Å². The molecule has 3 rings (SSSR count). The number of ether oxygens (including phenoxy) is 2. The summed E-state index contributed by atoms with van der Waals surface area (Å²) in [6.07, 6.45) is 0.381. The number of rotatable bonds is 3. The van der Waals surface area contributed by atoms with Crippen LogP contribution in [0.25, 0.3) is 10.9 Å². The highest BCUT2D eigenvalue weighted by Crippen LogP contribution is 2.25. The molecule has 1 aliphatic heterocycles. The molecule has 0 aliphatic carbocycles. The number of hydrogen-bond acceptors (Lipinski definition) is 4. The Morgan fingerprint density at radius 1 is 1.38 bits per heavy atom. The van der Waals surface area contributed by atoms with Gasteiger partial charge < -0.3 is 19.4 Å². The molecule has 0 spiro atoms. The van der Waals surface area contributed by atoms with Gasteiger partial charge in [-0.25, -0.2) is 4.79 Å². The topological polar surface area (TPSA) is 78.3 Å². The van der Waals surface area contributed by atoms with E-state index < -0.39 is 13.7 Å². The maximum absolute atomic E-state index is 12.8. The summed E-state index contributed by atoms with van der Waals surface area (Å²) in [4.78, 5) is 18.2. The van der Waals surface area contributed by atoms with E-state index in [9.17, 15) is 10.1 Å². The second-order valence-electron chi connectivity index (χ2n) is 9.71. The minimum absolute atomic E-state index is 0.0987. The van der Waals surface area contributed by atoms with Gasteiger partial charge in [0.1, 0.15) is 5.60 Å². The first-order chi connectivity index (χ1) is 13.5. The third kappa shape index (κ3) is 4.82. The minimum atomic E-state index is -1.67. The summed E-state index contributed by atoms with van der Waals surface area (Å²) in [6.45, 7) is 14.1. The van der Waals surface area contributed by atoms with Crippen LogP contribution < -0.4 is 5.32 Å². The average Bonchev–Trinajstić information content (AvgIpc) is 2.98. The molecule has 2 heterocycles. The fraction of sp³-hybridized carbons (Fsp3) is 0.545. The molecule has 1 saturated heterocycles.